The van der Waals surface area contributed by atoms with Gasteiger partial charge in [-0.1, -0.05) is 0 Å². The van der Waals surface area contributed by atoms with Gasteiger partial charge in [0.25, 0.3) is 0 Å². The Morgan fingerprint density at radius 2 is 1.42 bits per heavy atom. The summed E-state index contributed by atoms with van der Waals surface area (Å²) in [4.78, 5) is 0. The van der Waals surface area contributed by atoms with Crippen molar-refractivity contribution in [3.63, 3.8) is 0 Å². The van der Waals surface area contributed by atoms with Gasteiger partial charge in [-0.3, -0.25) is 0 Å². The maximum Gasteiger partial charge on any atom is 0.160 e. The Kier molecular flexibility index (Phi) is 10.9. The second-order valence-corrected chi connectivity index (χ2v) is 4.10. The summed E-state index contributed by atoms with van der Waals surface area (Å²) >= 11 is 10.9. The Labute approximate surface area is 87.8 Å². The monoisotopic (exact) mass is 234 g/mol. The smallest absolute Gasteiger partial charge is 0.160 e. The van der Waals surface area contributed by atoms with Gasteiger partial charge in [0.1, 0.15) is 6.10 Å². The zero-order valence-electron chi connectivity index (χ0n) is 6.33. The molecule has 4 N–H and O–H groups in total. The Morgan fingerprint density at radius 1 is 1.17 bits per heavy atom. The van der Waals surface area contributed by atoms with Crippen molar-refractivity contribution in [2.24, 2.45) is 0 Å². The predicted molar refractivity (Wildman–Crippen MR) is 57.0 cm³/mol. The minimum atomic E-state index is -1.21. The fourth-order valence-corrected chi connectivity index (χ4v) is 0.0577. The highest BCUT2D eigenvalue weighted by Gasteiger charge is 2.09. The highest BCUT2D eigenvalue weighted by molar-refractivity contribution is 8.01. The molecule has 0 aliphatic heterocycles. The van der Waals surface area contributed by atoms with E-state index in [0.717, 1.165) is 0 Å². The summed E-state index contributed by atoms with van der Waals surface area (Å²) in [5.74, 6) is 0.249. The molecule has 0 aromatic heterocycles. The molecule has 0 aromatic carbocycles. The van der Waals surface area contributed by atoms with Crippen molar-refractivity contribution >= 4 is 37.9 Å². The van der Waals surface area contributed by atoms with Crippen molar-refractivity contribution in [2.75, 3.05) is 19.0 Å². The highest BCUT2D eigenvalue weighted by atomic mass is 32.2. The molecule has 0 heterocycles. The Morgan fingerprint density at radius 3 is 1.42 bits per heavy atom. The van der Waals surface area contributed by atoms with E-state index < -0.39 is 10.4 Å². The van der Waals surface area contributed by atoms with Crippen LogP contribution < -0.4 is 0 Å². The molecule has 0 amide bonds. The van der Waals surface area contributed by atoms with Crippen LogP contribution in [-0.2, 0) is 0 Å². The van der Waals surface area contributed by atoms with Crippen molar-refractivity contribution in [2.45, 2.75) is 10.4 Å². The molecule has 0 saturated heterocycles. The molecule has 0 spiro atoms. The zero-order valence-corrected chi connectivity index (χ0v) is 9.01. The minimum absolute atomic E-state index is 0.249. The summed E-state index contributed by atoms with van der Waals surface area (Å²) in [6, 6.07) is 0. The molecule has 0 rings (SSSR count). The Hall–Kier alpha value is 0.890. The Balaban J connectivity index is 0. The second kappa shape index (κ2) is 8.49. The molecule has 4 nitrogen and oxygen atoms in total. The van der Waals surface area contributed by atoms with Gasteiger partial charge in [-0.15, -0.1) is 25.3 Å². The lowest BCUT2D eigenvalue weighted by Crippen LogP contribution is -2.15. The molecule has 0 aromatic rings. The van der Waals surface area contributed by atoms with Crippen LogP contribution in [0.5, 0.6) is 0 Å². The zero-order chi connectivity index (χ0) is 10.2. The van der Waals surface area contributed by atoms with Crippen LogP contribution in [0.25, 0.3) is 0 Å². The number of rotatable bonds is 3. The van der Waals surface area contributed by atoms with Crippen LogP contribution in [0.4, 0.5) is 0 Å². The van der Waals surface area contributed by atoms with Gasteiger partial charge in [-0.2, -0.15) is 12.6 Å². The third-order valence-electron chi connectivity index (χ3n) is 0.634. The molecule has 0 aliphatic carbocycles. The van der Waals surface area contributed by atoms with E-state index in [-0.39, 0.29) is 19.0 Å². The SMILES string of the molecule is OC(S)(S)CS.OCC(O)CO. The van der Waals surface area contributed by atoms with Gasteiger partial charge >= 0.3 is 0 Å². The number of hydrogen-bond donors (Lipinski definition) is 7. The van der Waals surface area contributed by atoms with Crippen LogP contribution in [0.2, 0.25) is 0 Å². The average molecular weight is 234 g/mol. The van der Waals surface area contributed by atoms with Gasteiger partial charge in [0.15, 0.2) is 4.27 Å². The predicted octanol–water partition coefficient (Wildman–Crippen LogP) is -1.25. The summed E-state index contributed by atoms with van der Waals surface area (Å²) in [5.41, 5.74) is 0. The number of aliphatic hydroxyl groups is 4. The molecule has 0 unspecified atom stereocenters. The third kappa shape index (κ3) is 17.1. The van der Waals surface area contributed by atoms with E-state index in [1.165, 1.54) is 0 Å². The lowest BCUT2D eigenvalue weighted by molar-refractivity contribution is 0.0450. The number of thiol groups is 3. The highest BCUT2D eigenvalue weighted by Crippen LogP contribution is 2.14. The average Bonchev–Trinajstić information content (AvgIpc) is 2.03. The number of hydrogen-bond acceptors (Lipinski definition) is 7. The Bertz CT molecular complexity index is 91.2. The van der Waals surface area contributed by atoms with Crippen molar-refractivity contribution in [1.29, 1.82) is 0 Å². The van der Waals surface area contributed by atoms with Crippen LogP contribution in [0.3, 0.4) is 0 Å². The summed E-state index contributed by atoms with van der Waals surface area (Å²) < 4.78 is -1.21. The third-order valence-corrected chi connectivity index (χ3v) is 1.91. The van der Waals surface area contributed by atoms with Crippen molar-refractivity contribution in [3.8, 4) is 0 Å². The molecule has 7 heteroatoms. The van der Waals surface area contributed by atoms with Crippen LogP contribution >= 0.6 is 37.9 Å². The quantitative estimate of drug-likeness (QED) is 0.246. The first-order valence-electron chi connectivity index (χ1n) is 3.05. The van der Waals surface area contributed by atoms with Crippen LogP contribution in [0.1, 0.15) is 0 Å². The van der Waals surface area contributed by atoms with Gasteiger partial charge < -0.3 is 20.4 Å². The van der Waals surface area contributed by atoms with Gasteiger partial charge in [0.05, 0.1) is 13.2 Å². The van der Waals surface area contributed by atoms with Crippen LogP contribution in [-0.4, -0.2) is 49.8 Å². The molecule has 76 valence electrons. The molecule has 0 fully saturated rings. The van der Waals surface area contributed by atoms with Gasteiger partial charge in [0, 0.05) is 5.75 Å². The van der Waals surface area contributed by atoms with E-state index in [2.05, 4.69) is 37.9 Å². The maximum atomic E-state index is 8.48. The van der Waals surface area contributed by atoms with Gasteiger partial charge in [-0.05, 0) is 0 Å². The fourth-order valence-electron chi connectivity index (χ4n) is 0.0577. The molecule has 0 aliphatic rings. The summed E-state index contributed by atoms with van der Waals surface area (Å²) in [6.07, 6.45) is -0.954. The van der Waals surface area contributed by atoms with Crippen molar-refractivity contribution in [1.82, 2.24) is 0 Å². The van der Waals surface area contributed by atoms with E-state index in [1.807, 2.05) is 0 Å². The second-order valence-electron chi connectivity index (χ2n) is 1.95. The van der Waals surface area contributed by atoms with E-state index in [4.69, 9.17) is 20.4 Å². The summed E-state index contributed by atoms with van der Waals surface area (Å²) in [6.45, 7) is -0.729. The molecule has 0 bridgehead atoms. The lowest BCUT2D eigenvalue weighted by atomic mass is 10.4. The summed E-state index contributed by atoms with van der Waals surface area (Å²) in [7, 11) is 0. The largest absolute Gasteiger partial charge is 0.394 e. The molecule has 0 radical (unpaired) electrons. The minimum Gasteiger partial charge on any atom is -0.394 e. The van der Waals surface area contributed by atoms with Crippen molar-refractivity contribution < 1.29 is 20.4 Å². The molecular formula is C5H14O4S3. The summed E-state index contributed by atoms with van der Waals surface area (Å²) in [5, 5.41) is 32.5. The van der Waals surface area contributed by atoms with Crippen LogP contribution in [0, 0.1) is 0 Å². The molecule has 0 saturated carbocycles. The van der Waals surface area contributed by atoms with E-state index in [9.17, 15) is 0 Å². The first-order chi connectivity index (χ1) is 5.37. The van der Waals surface area contributed by atoms with E-state index >= 15 is 0 Å². The van der Waals surface area contributed by atoms with E-state index in [0.29, 0.717) is 0 Å². The normalized spacial score (nSPS) is 11.0. The lowest BCUT2D eigenvalue weighted by Gasteiger charge is -2.08. The van der Waals surface area contributed by atoms with Gasteiger partial charge in [-0.25, -0.2) is 0 Å². The topological polar surface area (TPSA) is 80.9 Å². The van der Waals surface area contributed by atoms with Crippen LogP contribution in [0.15, 0.2) is 0 Å². The first-order valence-corrected chi connectivity index (χ1v) is 4.57. The molecular weight excluding hydrogens is 220 g/mol. The molecule has 0 atom stereocenters. The van der Waals surface area contributed by atoms with E-state index in [1.54, 1.807) is 0 Å². The maximum absolute atomic E-state index is 8.48. The van der Waals surface area contributed by atoms with Gasteiger partial charge in [0.2, 0.25) is 0 Å². The van der Waals surface area contributed by atoms with Crippen molar-refractivity contribution in [3.05, 3.63) is 0 Å². The standard InChI is InChI=1S/C3H8O3.C2H6OS3/c4-1-3(6)2-5;3-2(5,6)1-4/h3-6H,1-2H2;3-6H,1H2. The first kappa shape index (κ1) is 15.4. The molecule has 12 heavy (non-hydrogen) atoms. The fraction of sp³-hybridized carbons (Fsp3) is 1.00. The number of aliphatic hydroxyl groups excluding tert-OH is 3.